The number of likely N-dealkylation sites (N-methyl/N-ethyl adjacent to an activating group) is 1. The Labute approximate surface area is 288 Å². The lowest BCUT2D eigenvalue weighted by Gasteiger charge is -2.35. The monoisotopic (exact) mass is 684 g/mol. The molecular weight excluding hydrogens is 632 g/mol. The van der Waals surface area contributed by atoms with E-state index in [-0.39, 0.29) is 17.7 Å². The van der Waals surface area contributed by atoms with Crippen LogP contribution in [0.3, 0.4) is 0 Å². The maximum atomic E-state index is 13.9. The van der Waals surface area contributed by atoms with E-state index in [4.69, 9.17) is 4.74 Å². The molecule has 14 nitrogen and oxygen atoms in total. The van der Waals surface area contributed by atoms with Crippen LogP contribution < -0.4 is 21.3 Å². The van der Waals surface area contributed by atoms with Gasteiger partial charge >= 0.3 is 6.09 Å². The standard InChI is InChI=1S/C35H52N6O8/c1-22(29(43)31(45)36-21-26(42)38-27(32(46)40(5)6)23-15-10-7-8-11-16-23)37-30(44)25-19-14-20-41(25)33(47)28(24-17-12-9-13-18-24)39-34(48)49-35(2,3)4/h7,10-11,15-16,22,24-25,27-28H,8-9,12-14,17-21H2,1-6H3,(H,36,45)(H,37,44)(H,38,42)(H,39,48). The Bertz CT molecular complexity index is 1360. The van der Waals surface area contributed by atoms with E-state index in [1.165, 1.54) is 16.7 Å². The van der Waals surface area contributed by atoms with E-state index in [0.29, 0.717) is 31.4 Å². The third kappa shape index (κ3) is 11.6. The fourth-order valence-corrected chi connectivity index (χ4v) is 6.13. The molecule has 2 fully saturated rings. The van der Waals surface area contributed by atoms with E-state index < -0.39 is 65.9 Å². The van der Waals surface area contributed by atoms with Gasteiger partial charge in [0.25, 0.3) is 5.91 Å². The Morgan fingerprint density at radius 2 is 1.63 bits per heavy atom. The van der Waals surface area contributed by atoms with Crippen LogP contribution in [0.2, 0.25) is 0 Å². The summed E-state index contributed by atoms with van der Waals surface area (Å²) in [5.74, 6) is -4.21. The van der Waals surface area contributed by atoms with Crippen molar-refractivity contribution in [2.45, 2.75) is 109 Å². The van der Waals surface area contributed by atoms with Gasteiger partial charge < -0.3 is 35.8 Å². The van der Waals surface area contributed by atoms with Crippen LogP contribution in [0.1, 0.15) is 79.1 Å². The van der Waals surface area contributed by atoms with Gasteiger partial charge in [-0.25, -0.2) is 4.79 Å². The first-order valence-corrected chi connectivity index (χ1v) is 17.0. The number of carbonyl (C=O) groups excluding carboxylic acids is 7. The third-order valence-electron chi connectivity index (χ3n) is 8.62. The lowest BCUT2D eigenvalue weighted by Crippen LogP contribution is -2.58. The second-order valence-electron chi connectivity index (χ2n) is 14.0. The van der Waals surface area contributed by atoms with Crippen LogP contribution >= 0.6 is 0 Å². The van der Waals surface area contributed by atoms with Gasteiger partial charge in [0.1, 0.15) is 23.7 Å². The molecule has 270 valence electrons. The highest BCUT2D eigenvalue weighted by Crippen LogP contribution is 2.29. The molecule has 49 heavy (non-hydrogen) atoms. The summed E-state index contributed by atoms with van der Waals surface area (Å²) in [5.41, 5.74) is -0.196. The van der Waals surface area contributed by atoms with E-state index in [0.717, 1.165) is 32.1 Å². The molecule has 0 radical (unpaired) electrons. The number of nitrogens with one attached hydrogen (secondary N) is 4. The summed E-state index contributed by atoms with van der Waals surface area (Å²) in [6.07, 6.45) is 14.3. The first-order chi connectivity index (χ1) is 23.1. The second kappa shape index (κ2) is 17.8. The van der Waals surface area contributed by atoms with Crippen LogP contribution in [0.15, 0.2) is 36.0 Å². The molecule has 1 saturated heterocycles. The first-order valence-electron chi connectivity index (χ1n) is 17.0. The predicted octanol–water partition coefficient (Wildman–Crippen LogP) is 1.66. The summed E-state index contributed by atoms with van der Waals surface area (Å²) in [6, 6.07) is -4.00. The molecule has 2 aliphatic carbocycles. The Kier molecular flexibility index (Phi) is 14.1. The van der Waals surface area contributed by atoms with Crippen molar-refractivity contribution in [2.75, 3.05) is 27.2 Å². The number of likely N-dealkylation sites (tertiary alicyclic amines) is 1. The highest BCUT2D eigenvalue weighted by molar-refractivity contribution is 6.38. The van der Waals surface area contributed by atoms with Gasteiger partial charge in [-0.1, -0.05) is 49.6 Å². The van der Waals surface area contributed by atoms with Gasteiger partial charge in [0.2, 0.25) is 29.4 Å². The number of alkyl carbamates (subject to hydrolysis) is 1. The molecule has 4 atom stereocenters. The molecule has 3 aliphatic rings. The van der Waals surface area contributed by atoms with Crippen LogP contribution in [-0.2, 0) is 33.5 Å². The van der Waals surface area contributed by atoms with E-state index in [1.807, 2.05) is 12.2 Å². The number of ketones is 1. The molecule has 0 aromatic rings. The summed E-state index contributed by atoms with van der Waals surface area (Å²) < 4.78 is 5.43. The van der Waals surface area contributed by atoms with Crippen molar-refractivity contribution >= 4 is 41.4 Å². The fourth-order valence-electron chi connectivity index (χ4n) is 6.13. The smallest absolute Gasteiger partial charge is 0.408 e. The van der Waals surface area contributed by atoms with Gasteiger partial charge in [-0.2, -0.15) is 0 Å². The topological polar surface area (TPSA) is 183 Å². The van der Waals surface area contributed by atoms with Crippen LogP contribution in [-0.4, -0.2) is 108 Å². The van der Waals surface area contributed by atoms with E-state index >= 15 is 0 Å². The number of hydrogen-bond donors (Lipinski definition) is 4. The van der Waals surface area contributed by atoms with Crippen molar-refractivity contribution in [3.8, 4) is 0 Å². The number of rotatable bonds is 12. The summed E-state index contributed by atoms with van der Waals surface area (Å²) in [4.78, 5) is 93.9. The molecule has 1 aliphatic heterocycles. The molecule has 4 unspecified atom stereocenters. The average molecular weight is 685 g/mol. The molecule has 4 N–H and O–H groups in total. The van der Waals surface area contributed by atoms with Crippen LogP contribution in [0, 0.1) is 5.92 Å². The zero-order valence-corrected chi connectivity index (χ0v) is 29.5. The van der Waals surface area contributed by atoms with Crippen molar-refractivity contribution in [1.29, 1.82) is 0 Å². The summed E-state index contributed by atoms with van der Waals surface area (Å²) in [6.45, 7) is 6.28. The number of amides is 6. The highest BCUT2D eigenvalue weighted by atomic mass is 16.6. The van der Waals surface area contributed by atoms with Crippen molar-refractivity contribution in [3.63, 3.8) is 0 Å². The largest absolute Gasteiger partial charge is 0.444 e. The summed E-state index contributed by atoms with van der Waals surface area (Å²) in [7, 11) is 3.12. The SMILES string of the molecule is CC(NC(=O)C1CCCN1C(=O)C(NC(=O)OC(C)(C)C)C1CCCCC1)C(=O)C(=O)NCC(=O)NC(C(=O)N(C)C)C1=CC=CCC=C1. The van der Waals surface area contributed by atoms with E-state index in [2.05, 4.69) is 21.3 Å². The van der Waals surface area contributed by atoms with Gasteiger partial charge in [-0.3, -0.25) is 28.8 Å². The molecular formula is C35H52N6O8. The molecule has 0 aromatic heterocycles. The number of carbonyl (C=O) groups is 7. The average Bonchev–Trinajstić information content (AvgIpc) is 3.39. The van der Waals surface area contributed by atoms with Gasteiger partial charge in [0, 0.05) is 20.6 Å². The molecule has 1 saturated carbocycles. The normalized spacial score (nSPS) is 19.8. The minimum Gasteiger partial charge on any atom is -0.444 e. The Hall–Kier alpha value is -4.49. The molecule has 1 heterocycles. The van der Waals surface area contributed by atoms with E-state index in [9.17, 15) is 33.6 Å². The Morgan fingerprint density at radius 1 is 0.939 bits per heavy atom. The zero-order chi connectivity index (χ0) is 36.3. The minimum absolute atomic E-state index is 0.104. The quantitative estimate of drug-likeness (QED) is 0.224. The lowest BCUT2D eigenvalue weighted by atomic mass is 9.83. The van der Waals surface area contributed by atoms with E-state index in [1.54, 1.807) is 53.1 Å². The second-order valence-corrected chi connectivity index (χ2v) is 14.0. The lowest BCUT2D eigenvalue weighted by molar-refractivity contribution is -0.143. The van der Waals surface area contributed by atoms with Crippen molar-refractivity contribution in [3.05, 3.63) is 36.0 Å². The predicted molar refractivity (Wildman–Crippen MR) is 182 cm³/mol. The van der Waals surface area contributed by atoms with Gasteiger partial charge in [-0.15, -0.1) is 0 Å². The number of allylic oxidation sites excluding steroid dienone is 4. The fraction of sp³-hybridized carbons (Fsp3) is 0.629. The van der Waals surface area contributed by atoms with Crippen LogP contribution in [0.5, 0.6) is 0 Å². The molecule has 0 bridgehead atoms. The molecule has 3 rings (SSSR count). The third-order valence-corrected chi connectivity index (χ3v) is 8.62. The number of ether oxygens (including phenoxy) is 1. The molecule has 14 heteroatoms. The highest BCUT2D eigenvalue weighted by Gasteiger charge is 2.42. The van der Waals surface area contributed by atoms with Gasteiger partial charge in [0.05, 0.1) is 12.6 Å². The van der Waals surface area contributed by atoms with Gasteiger partial charge in [-0.05, 0) is 71.3 Å². The number of nitrogens with zero attached hydrogens (tertiary/aromatic N) is 2. The first kappa shape index (κ1) is 39.0. The van der Waals surface area contributed by atoms with Crippen molar-refractivity contribution in [2.24, 2.45) is 5.92 Å². The molecule has 0 spiro atoms. The Balaban J connectivity index is 1.59. The van der Waals surface area contributed by atoms with Crippen LogP contribution in [0.25, 0.3) is 0 Å². The maximum absolute atomic E-state index is 13.9. The zero-order valence-electron chi connectivity index (χ0n) is 29.5. The summed E-state index contributed by atoms with van der Waals surface area (Å²) in [5, 5.41) is 10.2. The van der Waals surface area contributed by atoms with Gasteiger partial charge in [0.15, 0.2) is 0 Å². The van der Waals surface area contributed by atoms with Crippen molar-refractivity contribution < 1.29 is 38.3 Å². The summed E-state index contributed by atoms with van der Waals surface area (Å²) >= 11 is 0. The van der Waals surface area contributed by atoms with Crippen molar-refractivity contribution in [1.82, 2.24) is 31.1 Å². The van der Waals surface area contributed by atoms with Crippen LogP contribution in [0.4, 0.5) is 4.79 Å². The number of hydrogen-bond acceptors (Lipinski definition) is 8. The number of Topliss-reactive ketones (excluding diaryl/α,β-unsaturated/α-hetero) is 1. The Morgan fingerprint density at radius 3 is 2.29 bits per heavy atom. The molecule has 0 aromatic carbocycles. The maximum Gasteiger partial charge on any atom is 0.408 e. The molecule has 6 amide bonds. The minimum atomic E-state index is -1.25.